The molecule has 0 aliphatic carbocycles. The van der Waals surface area contributed by atoms with Gasteiger partial charge in [-0.05, 0) is 88.9 Å². The van der Waals surface area contributed by atoms with E-state index in [0.717, 1.165) is 16.7 Å². The summed E-state index contributed by atoms with van der Waals surface area (Å²) in [6.07, 6.45) is 1.82. The van der Waals surface area contributed by atoms with E-state index >= 15 is 0 Å². The highest BCUT2D eigenvalue weighted by Crippen LogP contribution is 2.35. The van der Waals surface area contributed by atoms with E-state index < -0.39 is 12.0 Å². The molecular weight excluding hydrogens is 628 g/mol. The predicted molar refractivity (Wildman–Crippen MR) is 163 cm³/mol. The Balaban J connectivity index is 1.51. The summed E-state index contributed by atoms with van der Waals surface area (Å²) in [5, 5.41) is 0.679. The van der Waals surface area contributed by atoms with Gasteiger partial charge in [-0.1, -0.05) is 53.3 Å². The first-order valence-electron chi connectivity index (χ1n) is 12.8. The highest BCUT2D eigenvalue weighted by Gasteiger charge is 2.33. The Bertz CT molecular complexity index is 1810. The Morgan fingerprint density at radius 2 is 1.85 bits per heavy atom. The lowest BCUT2D eigenvalue weighted by atomic mass is 9.96. The van der Waals surface area contributed by atoms with Crippen molar-refractivity contribution < 1.29 is 19.0 Å². The predicted octanol–water partition coefficient (Wildman–Crippen LogP) is 5.80. The molecule has 0 spiro atoms. The molecule has 41 heavy (non-hydrogen) atoms. The van der Waals surface area contributed by atoms with Crippen LogP contribution in [0.1, 0.15) is 36.6 Å². The van der Waals surface area contributed by atoms with Crippen LogP contribution in [-0.2, 0) is 16.1 Å². The van der Waals surface area contributed by atoms with Crippen molar-refractivity contribution in [2.45, 2.75) is 26.5 Å². The summed E-state index contributed by atoms with van der Waals surface area (Å²) >= 11 is 10.8. The number of thiazole rings is 1. The molecule has 7 nitrogen and oxygen atoms in total. The van der Waals surface area contributed by atoms with Crippen molar-refractivity contribution in [1.82, 2.24) is 4.57 Å². The third-order valence-corrected chi connectivity index (χ3v) is 8.36. The maximum Gasteiger partial charge on any atom is 0.338 e. The average molecular weight is 654 g/mol. The summed E-state index contributed by atoms with van der Waals surface area (Å²) in [4.78, 5) is 32.1. The molecule has 4 aromatic rings. The number of allylic oxidation sites excluding steroid dienone is 1. The number of esters is 1. The number of nitrogens with zero attached hydrogens (tertiary/aromatic N) is 2. The third kappa shape index (κ3) is 6.17. The largest absolute Gasteiger partial charge is 0.496 e. The number of halogens is 2. The van der Waals surface area contributed by atoms with E-state index in [1.165, 1.54) is 11.3 Å². The van der Waals surface area contributed by atoms with Gasteiger partial charge in [-0.3, -0.25) is 9.36 Å². The number of carbonyl (C=O) groups excluding carboxylic acids is 1. The number of methoxy groups -OCH3 is 1. The van der Waals surface area contributed by atoms with Gasteiger partial charge in [-0.15, -0.1) is 0 Å². The smallest absolute Gasteiger partial charge is 0.338 e. The van der Waals surface area contributed by atoms with Crippen LogP contribution in [0.25, 0.3) is 6.08 Å². The number of hydrogen-bond acceptors (Lipinski definition) is 7. The topological polar surface area (TPSA) is 79.1 Å². The highest BCUT2D eigenvalue weighted by molar-refractivity contribution is 9.10. The van der Waals surface area contributed by atoms with Crippen LogP contribution < -0.4 is 24.4 Å². The van der Waals surface area contributed by atoms with E-state index in [0.29, 0.717) is 48.2 Å². The second-order valence-electron chi connectivity index (χ2n) is 9.18. The quantitative estimate of drug-likeness (QED) is 0.225. The molecular formula is C31H26BrClN2O5S. The fraction of sp³-hybridized carbons (Fsp3) is 0.194. The van der Waals surface area contributed by atoms with Gasteiger partial charge in [0.2, 0.25) is 0 Å². The van der Waals surface area contributed by atoms with Crippen LogP contribution in [0, 0.1) is 0 Å². The number of ether oxygens (including phenoxy) is 3. The molecule has 5 rings (SSSR count). The molecule has 0 N–H and O–H groups in total. The van der Waals surface area contributed by atoms with Gasteiger partial charge in [0.1, 0.15) is 18.1 Å². The van der Waals surface area contributed by atoms with Gasteiger partial charge in [0.05, 0.1) is 40.0 Å². The lowest BCUT2D eigenvalue weighted by Gasteiger charge is -2.25. The third-order valence-electron chi connectivity index (χ3n) is 6.51. The summed E-state index contributed by atoms with van der Waals surface area (Å²) in [5.74, 6) is 0.840. The molecule has 0 fully saturated rings. The monoisotopic (exact) mass is 652 g/mol. The van der Waals surface area contributed by atoms with Gasteiger partial charge in [-0.25, -0.2) is 9.79 Å². The Kier molecular flexibility index (Phi) is 8.77. The lowest BCUT2D eigenvalue weighted by Crippen LogP contribution is -2.39. The molecule has 0 saturated carbocycles. The number of fused-ring (bicyclic) bond motifs is 1. The van der Waals surface area contributed by atoms with Crippen molar-refractivity contribution in [1.29, 1.82) is 0 Å². The zero-order chi connectivity index (χ0) is 29.1. The molecule has 0 amide bonds. The number of aromatic nitrogens is 1. The maximum absolute atomic E-state index is 13.8. The second-order valence-corrected chi connectivity index (χ2v) is 11.5. The molecule has 2 heterocycles. The molecule has 3 aromatic carbocycles. The van der Waals surface area contributed by atoms with Gasteiger partial charge >= 0.3 is 5.97 Å². The van der Waals surface area contributed by atoms with Gasteiger partial charge < -0.3 is 14.2 Å². The van der Waals surface area contributed by atoms with Crippen LogP contribution in [0.4, 0.5) is 0 Å². The molecule has 1 atom stereocenters. The molecule has 0 radical (unpaired) electrons. The van der Waals surface area contributed by atoms with E-state index in [2.05, 4.69) is 20.9 Å². The Morgan fingerprint density at radius 1 is 1.12 bits per heavy atom. The molecule has 0 unspecified atom stereocenters. The lowest BCUT2D eigenvalue weighted by molar-refractivity contribution is -0.139. The van der Waals surface area contributed by atoms with Crippen molar-refractivity contribution in [2.24, 2.45) is 4.99 Å². The first-order chi connectivity index (χ1) is 19.8. The minimum Gasteiger partial charge on any atom is -0.496 e. The summed E-state index contributed by atoms with van der Waals surface area (Å²) in [6, 6.07) is 19.8. The highest BCUT2D eigenvalue weighted by atomic mass is 79.9. The minimum absolute atomic E-state index is 0.207. The van der Waals surface area contributed by atoms with Crippen LogP contribution in [0.3, 0.4) is 0 Å². The van der Waals surface area contributed by atoms with Gasteiger partial charge in [0.15, 0.2) is 4.80 Å². The van der Waals surface area contributed by atoms with Crippen molar-refractivity contribution in [3.8, 4) is 11.5 Å². The fourth-order valence-electron chi connectivity index (χ4n) is 4.52. The van der Waals surface area contributed by atoms with Crippen molar-refractivity contribution in [3.05, 3.63) is 124 Å². The number of rotatable bonds is 8. The standard InChI is InChI=1S/C31H26BrClN2O5S/c1-4-39-30(37)27-18(2)34-31-35(28(27)21-9-14-25(38-3)24(32)16-21)29(36)26(41-31)15-19-7-12-23(13-8-19)40-17-20-5-10-22(33)11-6-20/h5-16,28H,4,17H2,1-3H3/b26-15+/t28-/m0/s1. The van der Waals surface area contributed by atoms with E-state index in [1.54, 1.807) is 31.6 Å². The molecule has 210 valence electrons. The number of carbonyl (C=O) groups is 1. The molecule has 1 aliphatic heterocycles. The zero-order valence-corrected chi connectivity index (χ0v) is 25.7. The van der Waals surface area contributed by atoms with Crippen molar-refractivity contribution in [2.75, 3.05) is 13.7 Å². The number of benzene rings is 3. The minimum atomic E-state index is -0.710. The zero-order valence-electron chi connectivity index (χ0n) is 22.5. The fourth-order valence-corrected chi connectivity index (χ4v) is 6.25. The van der Waals surface area contributed by atoms with E-state index in [4.69, 9.17) is 25.8 Å². The normalized spacial score (nSPS) is 14.9. The first-order valence-corrected chi connectivity index (χ1v) is 14.8. The van der Waals surface area contributed by atoms with E-state index in [1.807, 2.05) is 66.7 Å². The van der Waals surface area contributed by atoms with Gasteiger partial charge in [0.25, 0.3) is 5.56 Å². The van der Waals surface area contributed by atoms with Crippen molar-refractivity contribution in [3.63, 3.8) is 0 Å². The molecule has 1 aliphatic rings. The Labute approximate surface area is 254 Å². The van der Waals surface area contributed by atoms with Crippen molar-refractivity contribution >= 4 is 50.9 Å². The molecule has 0 bridgehead atoms. The summed E-state index contributed by atoms with van der Waals surface area (Å²) < 4.78 is 19.4. The van der Waals surface area contributed by atoms with E-state index in [-0.39, 0.29) is 12.2 Å². The van der Waals surface area contributed by atoms with Crippen LogP contribution in [0.15, 0.2) is 92.3 Å². The van der Waals surface area contributed by atoms with Crippen LogP contribution >= 0.6 is 38.9 Å². The maximum atomic E-state index is 13.8. The van der Waals surface area contributed by atoms with Crippen LogP contribution in [-0.4, -0.2) is 24.3 Å². The van der Waals surface area contributed by atoms with Crippen LogP contribution in [0.2, 0.25) is 5.02 Å². The summed E-state index contributed by atoms with van der Waals surface area (Å²) in [7, 11) is 1.58. The Hall–Kier alpha value is -3.66. The number of hydrogen-bond donors (Lipinski definition) is 0. The molecule has 1 aromatic heterocycles. The summed E-state index contributed by atoms with van der Waals surface area (Å²) in [6.45, 7) is 4.13. The summed E-state index contributed by atoms with van der Waals surface area (Å²) in [5.41, 5.74) is 3.16. The average Bonchev–Trinajstić information content (AvgIpc) is 3.26. The SMILES string of the molecule is CCOC(=O)C1=C(C)N=c2s/c(=C/c3ccc(OCc4ccc(Cl)cc4)cc3)c(=O)n2[C@H]1c1ccc(OC)c(Br)c1. The van der Waals surface area contributed by atoms with Gasteiger partial charge in [-0.2, -0.15) is 0 Å². The van der Waals surface area contributed by atoms with Crippen LogP contribution in [0.5, 0.6) is 11.5 Å². The molecule has 10 heteroatoms. The van der Waals surface area contributed by atoms with Gasteiger partial charge in [0, 0.05) is 5.02 Å². The second kappa shape index (κ2) is 12.5. The molecule has 0 saturated heterocycles. The first kappa shape index (κ1) is 28.9. The van der Waals surface area contributed by atoms with E-state index in [9.17, 15) is 9.59 Å². The Morgan fingerprint density at radius 3 is 2.51 bits per heavy atom.